The summed E-state index contributed by atoms with van der Waals surface area (Å²) in [5.41, 5.74) is 3.62. The van der Waals surface area contributed by atoms with Gasteiger partial charge in [0.25, 0.3) is 11.8 Å². The van der Waals surface area contributed by atoms with Crippen LogP contribution in [0.5, 0.6) is 5.88 Å². The minimum Gasteiger partial charge on any atom is -0.481 e. The van der Waals surface area contributed by atoms with E-state index in [4.69, 9.17) is 20.8 Å². The number of carbonyl (C=O) groups is 1. The Bertz CT molecular complexity index is 1380. The van der Waals surface area contributed by atoms with Gasteiger partial charge in [0.2, 0.25) is 11.8 Å². The van der Waals surface area contributed by atoms with Crippen LogP contribution in [0.2, 0.25) is 5.02 Å². The molecule has 5 rings (SSSR count). The Morgan fingerprint density at radius 1 is 1.09 bits per heavy atom. The number of amides is 1. The molecule has 10 heteroatoms. The lowest BCUT2D eigenvalue weighted by molar-refractivity contribution is 0.0996. The van der Waals surface area contributed by atoms with Crippen LogP contribution in [0.15, 0.2) is 59.1 Å². The molecule has 2 aromatic carbocycles. The molecule has 0 spiro atoms. The molecule has 1 aliphatic heterocycles. The lowest BCUT2D eigenvalue weighted by Crippen LogP contribution is -2.23. The van der Waals surface area contributed by atoms with E-state index in [1.807, 2.05) is 24.3 Å². The van der Waals surface area contributed by atoms with Crippen LogP contribution in [0.1, 0.15) is 28.2 Å². The lowest BCUT2D eigenvalue weighted by atomic mass is 10.0. The average Bonchev–Trinajstić information content (AvgIpc) is 3.44. The number of aromatic nitrogens is 3. The summed E-state index contributed by atoms with van der Waals surface area (Å²) in [4.78, 5) is 19.2. The molecule has 2 aromatic heterocycles. The van der Waals surface area contributed by atoms with Gasteiger partial charge < -0.3 is 14.1 Å². The van der Waals surface area contributed by atoms with Crippen molar-refractivity contribution in [3.05, 3.63) is 76.8 Å². The Hall–Kier alpha value is -3.85. The van der Waals surface area contributed by atoms with Crippen LogP contribution in [0, 0.1) is 0 Å². The molecule has 33 heavy (non-hydrogen) atoms. The van der Waals surface area contributed by atoms with Crippen molar-refractivity contribution >= 4 is 23.2 Å². The van der Waals surface area contributed by atoms with E-state index in [0.717, 1.165) is 11.1 Å². The van der Waals surface area contributed by atoms with Gasteiger partial charge in [0.1, 0.15) is 0 Å². The van der Waals surface area contributed by atoms with Gasteiger partial charge in [-0.1, -0.05) is 35.9 Å². The van der Waals surface area contributed by atoms with E-state index in [1.54, 1.807) is 29.2 Å². The highest BCUT2D eigenvalue weighted by molar-refractivity contribution is 6.30. The van der Waals surface area contributed by atoms with Gasteiger partial charge in [-0.15, -0.1) is 10.2 Å². The largest absolute Gasteiger partial charge is 0.481 e. The number of para-hydroxylation sites is 1. The van der Waals surface area contributed by atoms with Crippen molar-refractivity contribution in [2.45, 2.75) is 13.0 Å². The van der Waals surface area contributed by atoms with E-state index in [1.165, 1.54) is 13.3 Å². The van der Waals surface area contributed by atoms with Crippen molar-refractivity contribution in [3.8, 4) is 28.5 Å². The maximum Gasteiger partial charge on any atom is 0.314 e. The molecule has 1 amide bonds. The number of pyridine rings is 1. The minimum atomic E-state index is -2.87. The summed E-state index contributed by atoms with van der Waals surface area (Å²) in [6.45, 7) is 0.327. The van der Waals surface area contributed by atoms with Crippen molar-refractivity contribution in [2.24, 2.45) is 0 Å². The number of ether oxygens (including phenoxy) is 1. The molecule has 0 saturated heterocycles. The lowest BCUT2D eigenvalue weighted by Gasteiger charge is -2.20. The molecule has 0 unspecified atom stereocenters. The number of carbonyl (C=O) groups excluding carboxylic acids is 1. The first-order valence-corrected chi connectivity index (χ1v) is 10.2. The average molecular weight is 469 g/mol. The quantitative estimate of drug-likeness (QED) is 0.381. The predicted molar refractivity (Wildman–Crippen MR) is 116 cm³/mol. The molecule has 0 saturated carbocycles. The van der Waals surface area contributed by atoms with Crippen LogP contribution in [0.4, 0.5) is 14.5 Å². The second kappa shape index (κ2) is 8.25. The molecule has 1 aliphatic rings. The Morgan fingerprint density at radius 3 is 2.67 bits per heavy atom. The number of alkyl halides is 2. The third-order valence-corrected chi connectivity index (χ3v) is 5.49. The zero-order valence-corrected chi connectivity index (χ0v) is 17.9. The molecule has 0 N–H and O–H groups in total. The van der Waals surface area contributed by atoms with Gasteiger partial charge in [-0.3, -0.25) is 4.79 Å². The van der Waals surface area contributed by atoms with E-state index in [-0.39, 0.29) is 11.8 Å². The number of benzene rings is 2. The summed E-state index contributed by atoms with van der Waals surface area (Å²) < 4.78 is 36.0. The third kappa shape index (κ3) is 3.70. The number of anilines is 1. The molecular weight excluding hydrogens is 454 g/mol. The maximum absolute atomic E-state index is 13.4. The first-order valence-electron chi connectivity index (χ1n) is 9.82. The summed E-state index contributed by atoms with van der Waals surface area (Å²) in [6, 6.07) is 14.1. The number of fused-ring (bicyclic) bond motifs is 1. The highest BCUT2D eigenvalue weighted by atomic mass is 35.5. The van der Waals surface area contributed by atoms with Gasteiger partial charge in [0.05, 0.1) is 24.4 Å². The van der Waals surface area contributed by atoms with Crippen LogP contribution < -0.4 is 9.64 Å². The van der Waals surface area contributed by atoms with Crippen molar-refractivity contribution in [2.75, 3.05) is 12.0 Å². The van der Waals surface area contributed by atoms with Gasteiger partial charge >= 0.3 is 6.43 Å². The van der Waals surface area contributed by atoms with E-state index in [9.17, 15) is 13.6 Å². The van der Waals surface area contributed by atoms with Gasteiger partial charge in [-0.2, -0.15) is 8.78 Å². The molecule has 0 aliphatic carbocycles. The van der Waals surface area contributed by atoms with E-state index in [0.29, 0.717) is 39.8 Å². The molecule has 0 bridgehead atoms. The summed E-state index contributed by atoms with van der Waals surface area (Å²) in [7, 11) is 1.51. The van der Waals surface area contributed by atoms with Gasteiger partial charge in [0.15, 0.2) is 0 Å². The number of rotatable bonds is 5. The minimum absolute atomic E-state index is 0.0745. The van der Waals surface area contributed by atoms with Gasteiger partial charge in [-0.25, -0.2) is 4.98 Å². The first-order chi connectivity index (χ1) is 16.0. The fourth-order valence-electron chi connectivity index (χ4n) is 3.79. The summed E-state index contributed by atoms with van der Waals surface area (Å²) in [5.74, 6) is -0.711. The van der Waals surface area contributed by atoms with Crippen LogP contribution in [0.3, 0.4) is 0 Å². The number of methoxy groups -OCH3 is 1. The molecule has 3 heterocycles. The normalized spacial score (nSPS) is 13.0. The predicted octanol–water partition coefficient (Wildman–Crippen LogP) is 5.56. The Labute approximate surface area is 191 Å². The fourth-order valence-corrected chi connectivity index (χ4v) is 3.95. The molecule has 0 fully saturated rings. The van der Waals surface area contributed by atoms with Crippen molar-refractivity contribution in [3.63, 3.8) is 0 Å². The Balaban J connectivity index is 1.53. The fraction of sp³-hybridized carbons (Fsp3) is 0.130. The Morgan fingerprint density at radius 2 is 1.91 bits per heavy atom. The second-order valence-electron chi connectivity index (χ2n) is 7.24. The SMILES string of the molecule is COc1ncc(Cl)cc1-c1ccccc1N1Cc2ccc(-c3nnc(C(F)F)o3)cc2C1=O. The summed E-state index contributed by atoms with van der Waals surface area (Å²) in [5, 5.41) is 7.44. The number of halogens is 3. The van der Waals surface area contributed by atoms with E-state index >= 15 is 0 Å². The Kier molecular flexibility index (Phi) is 5.26. The topological polar surface area (TPSA) is 81.3 Å². The van der Waals surface area contributed by atoms with Crippen LogP contribution >= 0.6 is 11.6 Å². The van der Waals surface area contributed by atoms with Crippen molar-refractivity contribution in [1.82, 2.24) is 15.2 Å². The molecule has 0 atom stereocenters. The molecular formula is C23H15ClF2N4O3. The van der Waals surface area contributed by atoms with Crippen LogP contribution in [-0.4, -0.2) is 28.2 Å². The molecule has 166 valence electrons. The van der Waals surface area contributed by atoms with Crippen molar-refractivity contribution < 1.29 is 22.7 Å². The third-order valence-electron chi connectivity index (χ3n) is 5.28. The maximum atomic E-state index is 13.4. The standard InChI is InChI=1S/C23H15ClF2N4O3/c1-32-21-17(9-14(24)10-27-21)15-4-2-3-5-18(15)30-11-13-7-6-12(8-16(13)23(30)31)20-28-29-22(33-20)19(25)26/h2-10,19H,11H2,1H3. The smallest absolute Gasteiger partial charge is 0.314 e. The van der Waals surface area contributed by atoms with E-state index < -0.39 is 12.3 Å². The zero-order valence-electron chi connectivity index (χ0n) is 17.1. The highest BCUT2D eigenvalue weighted by Crippen LogP contribution is 2.40. The van der Waals surface area contributed by atoms with Gasteiger partial charge in [-0.05, 0) is 29.8 Å². The number of hydrogen-bond donors (Lipinski definition) is 0. The summed E-state index contributed by atoms with van der Waals surface area (Å²) >= 11 is 6.17. The first kappa shape index (κ1) is 21.0. The number of hydrogen-bond acceptors (Lipinski definition) is 6. The van der Waals surface area contributed by atoms with Gasteiger partial charge in [0, 0.05) is 28.5 Å². The molecule has 4 aromatic rings. The molecule has 0 radical (unpaired) electrons. The van der Waals surface area contributed by atoms with E-state index in [2.05, 4.69) is 15.2 Å². The summed E-state index contributed by atoms with van der Waals surface area (Å²) in [6.07, 6.45) is -1.38. The van der Waals surface area contributed by atoms with Crippen LogP contribution in [-0.2, 0) is 6.54 Å². The number of nitrogens with zero attached hydrogens (tertiary/aromatic N) is 4. The molecule has 7 nitrogen and oxygen atoms in total. The van der Waals surface area contributed by atoms with Crippen molar-refractivity contribution in [1.29, 1.82) is 0 Å². The van der Waals surface area contributed by atoms with Crippen LogP contribution in [0.25, 0.3) is 22.6 Å². The highest BCUT2D eigenvalue weighted by Gasteiger charge is 2.31. The second-order valence-corrected chi connectivity index (χ2v) is 7.67. The monoisotopic (exact) mass is 468 g/mol. The zero-order chi connectivity index (χ0) is 23.1.